The van der Waals surface area contributed by atoms with Crippen LogP contribution in [0.2, 0.25) is 0 Å². The van der Waals surface area contributed by atoms with E-state index in [-0.39, 0.29) is 0 Å². The van der Waals surface area contributed by atoms with Gasteiger partial charge in [-0.05, 0) is 47.7 Å². The smallest absolute Gasteiger partial charge is 0.179 e. The van der Waals surface area contributed by atoms with E-state index in [2.05, 4.69) is 70.6 Å². The maximum absolute atomic E-state index is 4.62. The summed E-state index contributed by atoms with van der Waals surface area (Å²) in [6.07, 6.45) is 8.94. The first-order valence-electron chi connectivity index (χ1n) is 9.94. The summed E-state index contributed by atoms with van der Waals surface area (Å²) in [6, 6.07) is 16.4. The Kier molecular flexibility index (Phi) is 5.66. The van der Waals surface area contributed by atoms with E-state index >= 15 is 0 Å². The molecule has 0 amide bonds. The lowest BCUT2D eigenvalue weighted by molar-refractivity contribution is 0.864. The zero-order valence-electron chi connectivity index (χ0n) is 17.3. The highest BCUT2D eigenvalue weighted by Crippen LogP contribution is 2.23. The average molecular weight is 396 g/mol. The molecule has 6 nitrogen and oxygen atoms in total. The molecule has 0 radical (unpaired) electrons. The van der Waals surface area contributed by atoms with Gasteiger partial charge in [-0.1, -0.05) is 56.3 Å². The van der Waals surface area contributed by atoms with Crippen LogP contribution in [0.25, 0.3) is 22.8 Å². The number of nitrogens with zero attached hydrogens (tertiary/aromatic N) is 5. The normalized spacial score (nSPS) is 11.9. The fourth-order valence-corrected chi connectivity index (χ4v) is 3.23. The number of rotatable bonds is 6. The number of para-hydroxylation sites is 1. The van der Waals surface area contributed by atoms with E-state index in [4.69, 9.17) is 0 Å². The number of hydrogen-bond acceptors (Lipinski definition) is 5. The number of aryl methyl sites for hydroxylation is 1. The molecule has 0 fully saturated rings. The van der Waals surface area contributed by atoms with Crippen LogP contribution >= 0.6 is 0 Å². The van der Waals surface area contributed by atoms with Gasteiger partial charge in [0, 0.05) is 12.4 Å². The maximum atomic E-state index is 4.62. The molecule has 2 aromatic carbocycles. The van der Waals surface area contributed by atoms with E-state index in [9.17, 15) is 0 Å². The van der Waals surface area contributed by atoms with Crippen molar-refractivity contribution >= 4 is 29.1 Å². The number of hydrazone groups is 1. The summed E-state index contributed by atoms with van der Waals surface area (Å²) < 4.78 is 1.78. The summed E-state index contributed by atoms with van der Waals surface area (Å²) in [5.41, 5.74) is 8.45. The SMILES string of the molecule is Cc1cc(C(C)C)ccc1/C=C/C=N\Nc1nn(-c2ccccc2)c2ncncc12. The van der Waals surface area contributed by atoms with Gasteiger partial charge in [-0.3, -0.25) is 5.43 Å². The van der Waals surface area contributed by atoms with Crippen LogP contribution in [0.3, 0.4) is 0 Å². The van der Waals surface area contributed by atoms with Crippen molar-refractivity contribution in [2.24, 2.45) is 5.10 Å². The van der Waals surface area contributed by atoms with Gasteiger partial charge in [-0.2, -0.15) is 5.10 Å². The predicted octanol–water partition coefficient (Wildman–Crippen LogP) is 5.36. The van der Waals surface area contributed by atoms with Gasteiger partial charge < -0.3 is 0 Å². The van der Waals surface area contributed by atoms with Crippen molar-refractivity contribution < 1.29 is 0 Å². The molecular weight excluding hydrogens is 372 g/mol. The van der Waals surface area contributed by atoms with Crippen LogP contribution < -0.4 is 5.43 Å². The second kappa shape index (κ2) is 8.69. The van der Waals surface area contributed by atoms with Gasteiger partial charge in [0.25, 0.3) is 0 Å². The Morgan fingerprint density at radius 2 is 1.93 bits per heavy atom. The molecule has 0 saturated heterocycles. The Labute approximate surface area is 176 Å². The number of fused-ring (bicyclic) bond motifs is 1. The summed E-state index contributed by atoms with van der Waals surface area (Å²) in [6.45, 7) is 6.54. The first-order valence-corrected chi connectivity index (χ1v) is 9.94. The van der Waals surface area contributed by atoms with Crippen LogP contribution in [-0.2, 0) is 0 Å². The third-order valence-corrected chi connectivity index (χ3v) is 4.92. The predicted molar refractivity (Wildman–Crippen MR) is 123 cm³/mol. The standard InChI is InChI=1S/C24H24N6/c1-17(2)20-12-11-19(18(3)14-20)8-7-13-27-28-23-22-15-25-16-26-24(22)30(29-23)21-9-5-4-6-10-21/h4-17H,1-3H3,(H,28,29)/b8-7+,27-13-. The van der Waals surface area contributed by atoms with Gasteiger partial charge in [-0.15, -0.1) is 5.10 Å². The second-order valence-corrected chi connectivity index (χ2v) is 7.38. The van der Waals surface area contributed by atoms with Crippen LogP contribution in [0, 0.1) is 6.92 Å². The Balaban J connectivity index is 1.52. The minimum atomic E-state index is 0.530. The molecule has 6 heteroatoms. The number of nitrogens with one attached hydrogen (secondary N) is 1. The number of allylic oxidation sites excluding steroid dienone is 1. The molecule has 0 bridgehead atoms. The highest BCUT2D eigenvalue weighted by atomic mass is 15.4. The van der Waals surface area contributed by atoms with Crippen molar-refractivity contribution in [1.29, 1.82) is 0 Å². The van der Waals surface area contributed by atoms with Crippen LogP contribution in [0.1, 0.15) is 36.5 Å². The van der Waals surface area contributed by atoms with Crippen molar-refractivity contribution in [3.8, 4) is 5.69 Å². The van der Waals surface area contributed by atoms with E-state index in [1.54, 1.807) is 17.1 Å². The zero-order chi connectivity index (χ0) is 20.9. The van der Waals surface area contributed by atoms with E-state index in [1.807, 2.05) is 36.4 Å². The summed E-state index contributed by atoms with van der Waals surface area (Å²) in [7, 11) is 0. The quantitative estimate of drug-likeness (QED) is 0.352. The maximum Gasteiger partial charge on any atom is 0.179 e. The molecule has 0 aliphatic rings. The molecule has 4 aromatic rings. The van der Waals surface area contributed by atoms with Crippen LogP contribution in [0.5, 0.6) is 0 Å². The van der Waals surface area contributed by atoms with Crippen molar-refractivity contribution in [3.63, 3.8) is 0 Å². The lowest BCUT2D eigenvalue weighted by atomic mass is 9.98. The third-order valence-electron chi connectivity index (χ3n) is 4.92. The van der Waals surface area contributed by atoms with Gasteiger partial charge in [0.05, 0.1) is 11.1 Å². The van der Waals surface area contributed by atoms with Gasteiger partial charge >= 0.3 is 0 Å². The molecule has 2 aromatic heterocycles. The molecule has 0 atom stereocenters. The fraction of sp³-hybridized carbons (Fsp3) is 0.167. The molecule has 150 valence electrons. The second-order valence-electron chi connectivity index (χ2n) is 7.38. The minimum Gasteiger partial charge on any atom is -0.259 e. The van der Waals surface area contributed by atoms with Crippen LogP contribution in [0.15, 0.2) is 72.2 Å². The average Bonchev–Trinajstić information content (AvgIpc) is 3.14. The minimum absolute atomic E-state index is 0.530. The summed E-state index contributed by atoms with van der Waals surface area (Å²) in [4.78, 5) is 8.50. The van der Waals surface area contributed by atoms with E-state index in [0.29, 0.717) is 11.7 Å². The number of benzene rings is 2. The molecule has 0 aliphatic heterocycles. The molecule has 30 heavy (non-hydrogen) atoms. The monoisotopic (exact) mass is 396 g/mol. The highest BCUT2D eigenvalue weighted by molar-refractivity contribution is 5.88. The number of hydrogen-bond donors (Lipinski definition) is 1. The molecule has 0 unspecified atom stereocenters. The van der Waals surface area contributed by atoms with Gasteiger partial charge in [-0.25, -0.2) is 14.6 Å². The third kappa shape index (κ3) is 4.12. The fourth-order valence-electron chi connectivity index (χ4n) is 3.23. The molecule has 0 spiro atoms. The summed E-state index contributed by atoms with van der Waals surface area (Å²) in [5, 5.41) is 9.72. The van der Waals surface area contributed by atoms with Crippen molar-refractivity contribution in [1.82, 2.24) is 19.7 Å². The van der Waals surface area contributed by atoms with Crippen LogP contribution in [0.4, 0.5) is 5.82 Å². The Morgan fingerprint density at radius 3 is 2.70 bits per heavy atom. The first kappa shape index (κ1) is 19.5. The molecule has 0 saturated carbocycles. The Bertz CT molecular complexity index is 1210. The van der Waals surface area contributed by atoms with E-state index in [0.717, 1.165) is 16.7 Å². The van der Waals surface area contributed by atoms with Gasteiger partial charge in [0.1, 0.15) is 6.33 Å². The first-order chi connectivity index (χ1) is 14.6. The molecule has 4 rings (SSSR count). The topological polar surface area (TPSA) is 68.0 Å². The number of aromatic nitrogens is 4. The van der Waals surface area contributed by atoms with Gasteiger partial charge in [0.15, 0.2) is 11.5 Å². The number of anilines is 1. The molecule has 2 heterocycles. The van der Waals surface area contributed by atoms with E-state index < -0.39 is 0 Å². The lowest BCUT2D eigenvalue weighted by Gasteiger charge is -2.08. The Morgan fingerprint density at radius 1 is 1.10 bits per heavy atom. The lowest BCUT2D eigenvalue weighted by Crippen LogP contribution is -1.98. The molecule has 1 N–H and O–H groups in total. The van der Waals surface area contributed by atoms with Gasteiger partial charge in [0.2, 0.25) is 0 Å². The highest BCUT2D eigenvalue weighted by Gasteiger charge is 2.12. The zero-order valence-corrected chi connectivity index (χ0v) is 17.3. The Hall–Kier alpha value is -3.80. The van der Waals surface area contributed by atoms with E-state index in [1.165, 1.54) is 23.0 Å². The molecule has 0 aliphatic carbocycles. The van der Waals surface area contributed by atoms with Crippen LogP contribution in [-0.4, -0.2) is 26.0 Å². The largest absolute Gasteiger partial charge is 0.259 e. The van der Waals surface area contributed by atoms with Crippen molar-refractivity contribution in [2.45, 2.75) is 26.7 Å². The van der Waals surface area contributed by atoms with Crippen molar-refractivity contribution in [3.05, 3.63) is 83.8 Å². The molecular formula is C24H24N6. The summed E-state index contributed by atoms with van der Waals surface area (Å²) >= 11 is 0. The van der Waals surface area contributed by atoms with Crippen molar-refractivity contribution in [2.75, 3.05) is 5.43 Å². The summed E-state index contributed by atoms with van der Waals surface area (Å²) in [5.74, 6) is 1.14.